The van der Waals surface area contributed by atoms with Crippen LogP contribution in [0.4, 0.5) is 0 Å². The monoisotopic (exact) mass is 428 g/mol. The second kappa shape index (κ2) is 8.59. The maximum atomic E-state index is 13.3. The molecule has 0 heterocycles. The molecule has 4 rings (SSSR count). The van der Waals surface area contributed by atoms with E-state index in [0.717, 1.165) is 38.5 Å². The third-order valence-corrected chi connectivity index (χ3v) is 9.32. The lowest BCUT2D eigenvalue weighted by atomic mass is 9.46. The average Bonchev–Trinajstić information content (AvgIpc) is 2.97. The highest BCUT2D eigenvalue weighted by atomic mass is 16.5. The van der Waals surface area contributed by atoms with Crippen LogP contribution in [0.3, 0.4) is 0 Å². The van der Waals surface area contributed by atoms with Crippen molar-refractivity contribution < 1.29 is 19.4 Å². The van der Waals surface area contributed by atoms with Gasteiger partial charge >= 0.3 is 0 Å². The van der Waals surface area contributed by atoms with Gasteiger partial charge in [0.15, 0.2) is 11.6 Å². The molecule has 3 saturated carbocycles. The van der Waals surface area contributed by atoms with E-state index in [1.807, 2.05) is 0 Å². The zero-order valence-electron chi connectivity index (χ0n) is 19.7. The van der Waals surface area contributed by atoms with Gasteiger partial charge in [-0.05, 0) is 67.4 Å². The number of aliphatic hydroxyl groups excluding tert-OH is 1. The standard InChI is InChI=1S/C27H40O4/c1-5-6-7-12-31-16-23(30)24-17(2)13-21-20-9-8-18-14-19(28)10-11-26(18,3)25(20)22(29)15-27(21,24)4/h10-11,14,17,20-22,24-25,29H,5-9,12-13,15-16H2,1-4H3/t17?,20-,21-,22?,24+,25+,26-,27-/m0/s1. The Bertz CT molecular complexity index is 782. The lowest BCUT2D eigenvalue weighted by molar-refractivity contribution is -0.143. The largest absolute Gasteiger partial charge is 0.393 e. The summed E-state index contributed by atoms with van der Waals surface area (Å²) in [6.45, 7) is 9.72. The van der Waals surface area contributed by atoms with Crippen molar-refractivity contribution in [2.75, 3.05) is 13.2 Å². The number of carbonyl (C=O) groups is 2. The summed E-state index contributed by atoms with van der Waals surface area (Å²) in [5.74, 6) is 1.54. The molecule has 0 spiro atoms. The van der Waals surface area contributed by atoms with Crippen LogP contribution in [0.2, 0.25) is 0 Å². The van der Waals surface area contributed by atoms with Crippen LogP contribution < -0.4 is 0 Å². The van der Waals surface area contributed by atoms with Gasteiger partial charge < -0.3 is 9.84 Å². The van der Waals surface area contributed by atoms with Gasteiger partial charge in [0.1, 0.15) is 6.61 Å². The molecule has 172 valence electrons. The topological polar surface area (TPSA) is 63.6 Å². The van der Waals surface area contributed by atoms with Gasteiger partial charge in [-0.1, -0.05) is 52.2 Å². The van der Waals surface area contributed by atoms with Crippen LogP contribution in [-0.2, 0) is 14.3 Å². The number of fused-ring (bicyclic) bond motifs is 5. The number of allylic oxidation sites excluding steroid dienone is 4. The molecule has 0 aromatic rings. The Kier molecular flexibility index (Phi) is 6.35. The highest BCUT2D eigenvalue weighted by molar-refractivity contribution is 6.01. The van der Waals surface area contributed by atoms with Gasteiger partial charge in [-0.2, -0.15) is 0 Å². The summed E-state index contributed by atoms with van der Waals surface area (Å²) >= 11 is 0. The molecule has 31 heavy (non-hydrogen) atoms. The number of ketones is 2. The predicted octanol–water partition coefficient (Wildman–Crippen LogP) is 4.90. The van der Waals surface area contributed by atoms with Crippen LogP contribution in [0.25, 0.3) is 0 Å². The summed E-state index contributed by atoms with van der Waals surface area (Å²) in [5, 5.41) is 11.5. The van der Waals surface area contributed by atoms with Crippen molar-refractivity contribution in [3.8, 4) is 0 Å². The van der Waals surface area contributed by atoms with Crippen molar-refractivity contribution in [1.29, 1.82) is 0 Å². The SMILES string of the molecule is CCCCCOCC(=O)[C@H]1C(C)C[C@H]2[C@@H]3CCC4=CC(=O)C=C[C@]4(C)[C@H]3C(O)C[C@]12C. The van der Waals surface area contributed by atoms with Crippen LogP contribution in [0.5, 0.6) is 0 Å². The van der Waals surface area contributed by atoms with Crippen molar-refractivity contribution in [3.05, 3.63) is 23.8 Å². The van der Waals surface area contributed by atoms with Gasteiger partial charge in [-0.3, -0.25) is 9.59 Å². The second-order valence-electron chi connectivity index (χ2n) is 11.2. The number of carbonyl (C=O) groups excluding carboxylic acids is 2. The molecule has 1 N–H and O–H groups in total. The highest BCUT2D eigenvalue weighted by Crippen LogP contribution is 2.67. The molecule has 0 aromatic carbocycles. The summed E-state index contributed by atoms with van der Waals surface area (Å²) in [7, 11) is 0. The molecule has 4 aliphatic carbocycles. The zero-order valence-corrected chi connectivity index (χ0v) is 19.7. The fourth-order valence-corrected chi connectivity index (χ4v) is 8.10. The molecule has 2 unspecified atom stereocenters. The number of Topliss-reactive ketones (excluding diaryl/α,β-unsaturated/α-hetero) is 1. The van der Waals surface area contributed by atoms with Gasteiger partial charge in [0.25, 0.3) is 0 Å². The van der Waals surface area contributed by atoms with Crippen molar-refractivity contribution in [3.63, 3.8) is 0 Å². The van der Waals surface area contributed by atoms with Crippen LogP contribution in [0.15, 0.2) is 23.8 Å². The highest BCUT2D eigenvalue weighted by Gasteiger charge is 2.64. The Morgan fingerprint density at radius 3 is 2.81 bits per heavy atom. The van der Waals surface area contributed by atoms with E-state index >= 15 is 0 Å². The Labute approximate surface area is 187 Å². The number of hydrogen-bond donors (Lipinski definition) is 1. The van der Waals surface area contributed by atoms with Crippen molar-refractivity contribution in [2.45, 2.75) is 78.7 Å². The third kappa shape index (κ3) is 3.78. The minimum atomic E-state index is -0.455. The first-order valence-corrected chi connectivity index (χ1v) is 12.4. The first-order valence-electron chi connectivity index (χ1n) is 12.4. The van der Waals surface area contributed by atoms with Gasteiger partial charge in [-0.15, -0.1) is 0 Å². The second-order valence-corrected chi connectivity index (χ2v) is 11.2. The van der Waals surface area contributed by atoms with Crippen LogP contribution >= 0.6 is 0 Å². The van der Waals surface area contributed by atoms with Crippen LogP contribution in [-0.4, -0.2) is 36.0 Å². The molecule has 0 bridgehead atoms. The van der Waals surface area contributed by atoms with Crippen molar-refractivity contribution >= 4 is 11.6 Å². The molecule has 0 radical (unpaired) electrons. The number of rotatable bonds is 7. The van der Waals surface area contributed by atoms with Crippen LogP contribution in [0.1, 0.15) is 72.6 Å². The summed E-state index contributed by atoms with van der Waals surface area (Å²) < 4.78 is 5.75. The fraction of sp³-hybridized carbons (Fsp3) is 0.778. The average molecular weight is 429 g/mol. The molecule has 8 atom stereocenters. The molecular weight excluding hydrogens is 388 g/mol. The molecule has 4 aliphatic rings. The van der Waals surface area contributed by atoms with Gasteiger partial charge in [0, 0.05) is 23.9 Å². The summed E-state index contributed by atoms with van der Waals surface area (Å²) in [6.07, 6.45) is 12.0. The lowest BCUT2D eigenvalue weighted by Gasteiger charge is -2.58. The van der Waals surface area contributed by atoms with E-state index in [2.05, 4.69) is 33.8 Å². The molecule has 0 amide bonds. The lowest BCUT2D eigenvalue weighted by Crippen LogP contribution is -2.56. The quantitative estimate of drug-likeness (QED) is 0.586. The molecule has 4 nitrogen and oxygen atoms in total. The number of unbranched alkanes of at least 4 members (excludes halogenated alkanes) is 2. The molecule has 0 saturated heterocycles. The summed E-state index contributed by atoms with van der Waals surface area (Å²) in [4.78, 5) is 25.2. The van der Waals surface area contributed by atoms with E-state index < -0.39 is 6.10 Å². The molecule has 4 heteroatoms. The van der Waals surface area contributed by atoms with E-state index in [1.165, 1.54) is 5.57 Å². The van der Waals surface area contributed by atoms with Crippen molar-refractivity contribution in [1.82, 2.24) is 0 Å². The number of aliphatic hydroxyl groups is 1. The van der Waals surface area contributed by atoms with Gasteiger partial charge in [0.2, 0.25) is 0 Å². The minimum Gasteiger partial charge on any atom is -0.393 e. The summed E-state index contributed by atoms with van der Waals surface area (Å²) in [5.41, 5.74) is 0.768. The smallest absolute Gasteiger partial charge is 0.178 e. The van der Waals surface area contributed by atoms with E-state index in [1.54, 1.807) is 12.2 Å². The van der Waals surface area contributed by atoms with Gasteiger partial charge in [-0.25, -0.2) is 0 Å². The number of ether oxygens (including phenoxy) is 1. The number of hydrogen-bond acceptors (Lipinski definition) is 4. The summed E-state index contributed by atoms with van der Waals surface area (Å²) in [6, 6.07) is 0. The zero-order chi connectivity index (χ0) is 22.4. The van der Waals surface area contributed by atoms with Crippen molar-refractivity contribution in [2.24, 2.45) is 40.4 Å². The van der Waals surface area contributed by atoms with E-state index in [-0.39, 0.29) is 40.8 Å². The first kappa shape index (κ1) is 22.9. The molecule has 3 fully saturated rings. The minimum absolute atomic E-state index is 0.0347. The van der Waals surface area contributed by atoms with E-state index in [0.29, 0.717) is 30.8 Å². The third-order valence-electron chi connectivity index (χ3n) is 9.32. The Morgan fingerprint density at radius 2 is 2.06 bits per heavy atom. The predicted molar refractivity (Wildman–Crippen MR) is 121 cm³/mol. The van der Waals surface area contributed by atoms with Gasteiger partial charge in [0.05, 0.1) is 6.10 Å². The Hall–Kier alpha value is -1.26. The van der Waals surface area contributed by atoms with Crippen LogP contribution in [0, 0.1) is 40.4 Å². The first-order chi connectivity index (χ1) is 14.7. The Morgan fingerprint density at radius 1 is 1.29 bits per heavy atom. The Balaban J connectivity index is 1.54. The molecule has 0 aliphatic heterocycles. The fourth-order valence-electron chi connectivity index (χ4n) is 8.10. The molecule has 0 aromatic heterocycles. The molecular formula is C27H40O4. The maximum Gasteiger partial charge on any atom is 0.178 e. The van der Waals surface area contributed by atoms with E-state index in [4.69, 9.17) is 4.74 Å². The normalized spacial score (nSPS) is 43.8. The maximum absolute atomic E-state index is 13.3. The van der Waals surface area contributed by atoms with E-state index in [9.17, 15) is 14.7 Å².